The van der Waals surface area contributed by atoms with Gasteiger partial charge in [-0.3, -0.25) is 14.3 Å². The number of nitrogens with zero attached hydrogens (tertiary/aromatic N) is 4. The highest BCUT2D eigenvalue weighted by Gasteiger charge is 2.17. The SMILES string of the molecule is O=C(CSc1nnc(-c2ccc(Br)cc2)n1-c1ccccc1)NCc1ccccn1. The Labute approximate surface area is 186 Å². The van der Waals surface area contributed by atoms with Crippen molar-refractivity contribution in [2.45, 2.75) is 11.7 Å². The monoisotopic (exact) mass is 479 g/mol. The summed E-state index contributed by atoms with van der Waals surface area (Å²) >= 11 is 4.81. The van der Waals surface area contributed by atoms with Gasteiger partial charge in [0.15, 0.2) is 11.0 Å². The number of benzene rings is 2. The maximum atomic E-state index is 12.3. The number of aromatic nitrogens is 4. The third-order valence-electron chi connectivity index (χ3n) is 4.28. The molecule has 0 fully saturated rings. The highest BCUT2D eigenvalue weighted by molar-refractivity contribution is 9.10. The number of carbonyl (C=O) groups is 1. The Hall–Kier alpha value is -2.97. The topological polar surface area (TPSA) is 72.7 Å². The van der Waals surface area contributed by atoms with Crippen LogP contribution < -0.4 is 5.32 Å². The number of amides is 1. The molecule has 150 valence electrons. The zero-order chi connectivity index (χ0) is 20.8. The van der Waals surface area contributed by atoms with E-state index in [1.165, 1.54) is 11.8 Å². The molecule has 1 N–H and O–H groups in total. The van der Waals surface area contributed by atoms with Crippen LogP contribution in [0.2, 0.25) is 0 Å². The third-order valence-corrected chi connectivity index (χ3v) is 5.73. The third kappa shape index (κ3) is 4.95. The molecular formula is C22H18BrN5OS. The van der Waals surface area contributed by atoms with E-state index < -0.39 is 0 Å². The fourth-order valence-corrected chi connectivity index (χ4v) is 3.88. The van der Waals surface area contributed by atoms with Crippen molar-refractivity contribution in [3.8, 4) is 17.1 Å². The van der Waals surface area contributed by atoms with Crippen LogP contribution in [0.1, 0.15) is 5.69 Å². The molecule has 0 aliphatic carbocycles. The van der Waals surface area contributed by atoms with E-state index in [4.69, 9.17) is 0 Å². The van der Waals surface area contributed by atoms with E-state index in [0.29, 0.717) is 11.7 Å². The molecule has 8 heteroatoms. The lowest BCUT2D eigenvalue weighted by molar-refractivity contribution is -0.118. The Morgan fingerprint density at radius 2 is 1.73 bits per heavy atom. The van der Waals surface area contributed by atoms with Crippen LogP contribution in [-0.4, -0.2) is 31.4 Å². The van der Waals surface area contributed by atoms with Gasteiger partial charge in [-0.25, -0.2) is 0 Å². The standard InChI is InChI=1S/C22H18BrN5OS/c23-17-11-9-16(10-12-17)21-26-27-22(28(21)19-7-2-1-3-8-19)30-15-20(29)25-14-18-6-4-5-13-24-18/h1-13H,14-15H2,(H,25,29). The maximum absolute atomic E-state index is 12.3. The van der Waals surface area contributed by atoms with Gasteiger partial charge in [0, 0.05) is 21.9 Å². The second-order valence-corrected chi connectivity index (χ2v) is 8.23. The molecule has 30 heavy (non-hydrogen) atoms. The molecule has 0 saturated carbocycles. The van der Waals surface area contributed by atoms with Gasteiger partial charge in [0.1, 0.15) is 0 Å². The largest absolute Gasteiger partial charge is 0.350 e. The first-order chi connectivity index (χ1) is 14.7. The number of thioether (sulfide) groups is 1. The van der Waals surface area contributed by atoms with Crippen LogP contribution in [0.5, 0.6) is 0 Å². The average Bonchev–Trinajstić information content (AvgIpc) is 3.22. The van der Waals surface area contributed by atoms with E-state index in [9.17, 15) is 4.79 Å². The second-order valence-electron chi connectivity index (χ2n) is 6.37. The Bertz CT molecular complexity index is 1120. The fraction of sp³-hybridized carbons (Fsp3) is 0.0909. The van der Waals surface area contributed by atoms with Crippen LogP contribution in [0, 0.1) is 0 Å². The van der Waals surface area contributed by atoms with Gasteiger partial charge >= 0.3 is 0 Å². The molecule has 6 nitrogen and oxygen atoms in total. The lowest BCUT2D eigenvalue weighted by Gasteiger charge is -2.10. The normalized spacial score (nSPS) is 10.7. The summed E-state index contributed by atoms with van der Waals surface area (Å²) < 4.78 is 2.97. The molecule has 2 aromatic heterocycles. The van der Waals surface area contributed by atoms with E-state index >= 15 is 0 Å². The zero-order valence-corrected chi connectivity index (χ0v) is 18.3. The van der Waals surface area contributed by atoms with E-state index in [1.807, 2.05) is 77.4 Å². The molecule has 0 unspecified atom stereocenters. The molecule has 4 rings (SSSR count). The van der Waals surface area contributed by atoms with Crippen molar-refractivity contribution in [3.05, 3.63) is 89.2 Å². The molecule has 0 aliphatic rings. The number of hydrogen-bond acceptors (Lipinski definition) is 5. The number of hydrogen-bond donors (Lipinski definition) is 1. The lowest BCUT2D eigenvalue weighted by Crippen LogP contribution is -2.25. The summed E-state index contributed by atoms with van der Waals surface area (Å²) in [7, 11) is 0. The minimum Gasteiger partial charge on any atom is -0.350 e. The molecule has 0 bridgehead atoms. The highest BCUT2D eigenvalue weighted by Crippen LogP contribution is 2.28. The number of rotatable bonds is 7. The predicted molar refractivity (Wildman–Crippen MR) is 121 cm³/mol. The summed E-state index contributed by atoms with van der Waals surface area (Å²) in [5, 5.41) is 12.3. The van der Waals surface area contributed by atoms with E-state index in [1.54, 1.807) is 6.20 Å². The molecule has 0 aliphatic heterocycles. The van der Waals surface area contributed by atoms with Crippen molar-refractivity contribution < 1.29 is 4.79 Å². The molecule has 0 spiro atoms. The Morgan fingerprint density at radius 1 is 0.967 bits per heavy atom. The molecular weight excluding hydrogens is 462 g/mol. The zero-order valence-electron chi connectivity index (χ0n) is 15.9. The number of para-hydroxylation sites is 1. The summed E-state index contributed by atoms with van der Waals surface area (Å²) in [6.45, 7) is 0.399. The number of carbonyl (C=O) groups excluding carboxylic acids is 1. The molecule has 1 amide bonds. The van der Waals surface area contributed by atoms with Crippen LogP contribution in [0.15, 0.2) is 88.6 Å². The molecule has 2 heterocycles. The first-order valence-electron chi connectivity index (χ1n) is 9.27. The van der Waals surface area contributed by atoms with Crippen molar-refractivity contribution in [2.75, 3.05) is 5.75 Å². The minimum atomic E-state index is -0.0848. The van der Waals surface area contributed by atoms with Crippen LogP contribution in [0.4, 0.5) is 0 Å². The Morgan fingerprint density at radius 3 is 2.47 bits per heavy atom. The first-order valence-corrected chi connectivity index (χ1v) is 11.0. The van der Waals surface area contributed by atoms with Crippen molar-refractivity contribution in [2.24, 2.45) is 0 Å². The van der Waals surface area contributed by atoms with E-state index in [0.717, 1.165) is 27.2 Å². The summed E-state index contributed by atoms with van der Waals surface area (Å²) in [4.78, 5) is 16.5. The molecule has 0 atom stereocenters. The highest BCUT2D eigenvalue weighted by atomic mass is 79.9. The molecule has 2 aromatic carbocycles. The Kier molecular flexibility index (Phi) is 6.56. The summed E-state index contributed by atoms with van der Waals surface area (Å²) in [5.74, 6) is 0.876. The van der Waals surface area contributed by atoms with Gasteiger partial charge in [-0.05, 0) is 36.4 Å². The average molecular weight is 480 g/mol. The van der Waals surface area contributed by atoms with Crippen LogP contribution in [0.25, 0.3) is 17.1 Å². The maximum Gasteiger partial charge on any atom is 0.230 e. The summed E-state index contributed by atoms with van der Waals surface area (Å²) in [5.41, 5.74) is 2.71. The number of halogens is 1. The van der Waals surface area contributed by atoms with Crippen LogP contribution in [0.3, 0.4) is 0 Å². The van der Waals surface area contributed by atoms with Crippen LogP contribution >= 0.6 is 27.7 Å². The molecule has 0 saturated heterocycles. The molecule has 0 radical (unpaired) electrons. The summed E-state index contributed by atoms with van der Waals surface area (Å²) in [6.07, 6.45) is 1.71. The van der Waals surface area contributed by atoms with E-state index in [2.05, 4.69) is 36.4 Å². The van der Waals surface area contributed by atoms with Gasteiger partial charge in [-0.15, -0.1) is 10.2 Å². The van der Waals surface area contributed by atoms with Crippen molar-refractivity contribution >= 4 is 33.6 Å². The fourth-order valence-electron chi connectivity index (χ4n) is 2.83. The quantitative estimate of drug-likeness (QED) is 0.395. The van der Waals surface area contributed by atoms with Crippen molar-refractivity contribution in [1.82, 2.24) is 25.1 Å². The van der Waals surface area contributed by atoms with Gasteiger partial charge < -0.3 is 5.32 Å². The van der Waals surface area contributed by atoms with Gasteiger partial charge in [0.2, 0.25) is 5.91 Å². The van der Waals surface area contributed by atoms with Crippen molar-refractivity contribution in [3.63, 3.8) is 0 Å². The number of nitrogens with one attached hydrogen (secondary N) is 1. The molecule has 4 aromatic rings. The van der Waals surface area contributed by atoms with Crippen LogP contribution in [-0.2, 0) is 11.3 Å². The summed E-state index contributed by atoms with van der Waals surface area (Å²) in [6, 6.07) is 23.4. The predicted octanol–water partition coefficient (Wildman–Crippen LogP) is 4.50. The van der Waals surface area contributed by atoms with E-state index in [-0.39, 0.29) is 11.7 Å². The smallest absolute Gasteiger partial charge is 0.230 e. The second kappa shape index (κ2) is 9.69. The van der Waals surface area contributed by atoms with Gasteiger partial charge in [-0.2, -0.15) is 0 Å². The lowest BCUT2D eigenvalue weighted by atomic mass is 10.2. The Balaban J connectivity index is 1.53. The first kappa shape index (κ1) is 20.3. The van der Waals surface area contributed by atoms with Gasteiger partial charge in [0.05, 0.1) is 18.0 Å². The minimum absolute atomic E-state index is 0.0848. The van der Waals surface area contributed by atoms with Gasteiger partial charge in [-0.1, -0.05) is 64.1 Å². The van der Waals surface area contributed by atoms with Crippen molar-refractivity contribution in [1.29, 1.82) is 0 Å². The van der Waals surface area contributed by atoms with Gasteiger partial charge in [0.25, 0.3) is 0 Å². The number of pyridine rings is 1.